The van der Waals surface area contributed by atoms with Gasteiger partial charge in [0.1, 0.15) is 0 Å². The average Bonchev–Trinajstić information content (AvgIpc) is 2.91. The molecule has 0 amide bonds. The monoisotopic (exact) mass is 272 g/mol. The van der Waals surface area contributed by atoms with Crippen LogP contribution < -0.4 is 0 Å². The van der Waals surface area contributed by atoms with Gasteiger partial charge in [-0.2, -0.15) is 0 Å². The van der Waals surface area contributed by atoms with Crippen molar-refractivity contribution in [3.05, 3.63) is 57.8 Å². The minimum atomic E-state index is -0.0632. The highest BCUT2D eigenvalue weighted by atomic mass is 32.1. The smallest absolute Gasteiger partial charge is 0.179 e. The molecule has 1 heterocycles. The van der Waals surface area contributed by atoms with Gasteiger partial charge in [-0.1, -0.05) is 51.1 Å². The van der Waals surface area contributed by atoms with E-state index in [1.54, 1.807) is 0 Å². The van der Waals surface area contributed by atoms with E-state index in [9.17, 15) is 4.79 Å². The second-order valence-electron chi connectivity index (χ2n) is 5.40. The molecule has 1 nitrogen and oxygen atoms in total. The molecule has 0 aliphatic carbocycles. The highest BCUT2D eigenvalue weighted by molar-refractivity contribution is 7.12. The van der Waals surface area contributed by atoms with E-state index >= 15 is 0 Å². The van der Waals surface area contributed by atoms with Crippen LogP contribution in [0.5, 0.6) is 0 Å². The summed E-state index contributed by atoms with van der Waals surface area (Å²) >= 11 is 1.52. The van der Waals surface area contributed by atoms with Crippen molar-refractivity contribution < 1.29 is 4.79 Å². The lowest BCUT2D eigenvalue weighted by molar-refractivity contribution is 0.0970. The summed E-state index contributed by atoms with van der Waals surface area (Å²) < 4.78 is 0. The number of Topliss-reactive ketones (excluding diaryl/α,β-unsaturated/α-hetero) is 1. The molecular weight excluding hydrogens is 252 g/mol. The number of carbonyl (C=O) groups excluding carboxylic acids is 1. The predicted molar refractivity (Wildman–Crippen MR) is 82.0 cm³/mol. The van der Waals surface area contributed by atoms with E-state index in [1.165, 1.54) is 16.9 Å². The Balaban J connectivity index is 2.11. The van der Waals surface area contributed by atoms with E-state index in [0.29, 0.717) is 5.92 Å². The average molecular weight is 272 g/mol. The number of hydrogen-bond donors (Lipinski definition) is 0. The number of hydrogen-bond acceptors (Lipinski definition) is 2. The molecule has 0 saturated heterocycles. The van der Waals surface area contributed by atoms with Gasteiger partial charge in [0.15, 0.2) is 5.78 Å². The van der Waals surface area contributed by atoms with E-state index in [4.69, 9.17) is 0 Å². The summed E-state index contributed by atoms with van der Waals surface area (Å²) in [7, 11) is 0. The Labute approximate surface area is 119 Å². The first-order valence-electron chi connectivity index (χ1n) is 6.74. The van der Waals surface area contributed by atoms with Crippen LogP contribution in [0.25, 0.3) is 0 Å². The first-order valence-corrected chi connectivity index (χ1v) is 7.62. The quantitative estimate of drug-likeness (QED) is 0.705. The molecule has 0 N–H and O–H groups in total. The molecule has 0 aliphatic rings. The van der Waals surface area contributed by atoms with Gasteiger partial charge in [-0.3, -0.25) is 4.79 Å². The zero-order valence-electron chi connectivity index (χ0n) is 11.7. The van der Waals surface area contributed by atoms with Gasteiger partial charge in [0.05, 0.1) is 4.88 Å². The maximum Gasteiger partial charge on any atom is 0.179 e. The third kappa shape index (κ3) is 3.54. The SMILES string of the molecule is CC(C)Cc1ccc(C(C)C(=O)c2cccs2)cc1. The van der Waals surface area contributed by atoms with Crippen LogP contribution in [0.15, 0.2) is 41.8 Å². The molecule has 0 saturated carbocycles. The number of thiophene rings is 1. The van der Waals surface area contributed by atoms with Crippen molar-refractivity contribution in [1.29, 1.82) is 0 Å². The van der Waals surface area contributed by atoms with Crippen molar-refractivity contribution in [1.82, 2.24) is 0 Å². The fourth-order valence-electron chi connectivity index (χ4n) is 2.20. The normalized spacial score (nSPS) is 12.6. The molecule has 19 heavy (non-hydrogen) atoms. The Kier molecular flexibility index (Phi) is 4.54. The molecule has 0 bridgehead atoms. The Morgan fingerprint density at radius 3 is 2.32 bits per heavy atom. The van der Waals surface area contributed by atoms with Gasteiger partial charge < -0.3 is 0 Å². The fraction of sp³-hybridized carbons (Fsp3) is 0.353. The maximum atomic E-state index is 12.3. The molecule has 0 aliphatic heterocycles. The molecule has 1 aromatic heterocycles. The molecule has 100 valence electrons. The molecule has 0 fully saturated rings. The molecule has 1 unspecified atom stereocenters. The zero-order chi connectivity index (χ0) is 13.8. The zero-order valence-corrected chi connectivity index (χ0v) is 12.5. The van der Waals surface area contributed by atoms with Gasteiger partial charge in [0, 0.05) is 5.92 Å². The van der Waals surface area contributed by atoms with Gasteiger partial charge in [0.25, 0.3) is 0 Å². The van der Waals surface area contributed by atoms with Crippen LogP contribution in [-0.4, -0.2) is 5.78 Å². The summed E-state index contributed by atoms with van der Waals surface area (Å²) in [4.78, 5) is 13.1. The van der Waals surface area contributed by atoms with Gasteiger partial charge in [-0.15, -0.1) is 11.3 Å². The van der Waals surface area contributed by atoms with Gasteiger partial charge in [-0.25, -0.2) is 0 Å². The lowest BCUT2D eigenvalue weighted by Gasteiger charge is -2.11. The molecule has 1 aromatic carbocycles. The number of ketones is 1. The minimum Gasteiger partial charge on any atom is -0.293 e. The molecule has 1 atom stereocenters. The topological polar surface area (TPSA) is 17.1 Å². The van der Waals surface area contributed by atoms with Crippen molar-refractivity contribution in [3.63, 3.8) is 0 Å². The predicted octanol–water partition coefficient (Wildman–Crippen LogP) is 4.93. The highest BCUT2D eigenvalue weighted by Gasteiger charge is 2.17. The Bertz CT molecular complexity index is 523. The summed E-state index contributed by atoms with van der Waals surface area (Å²) in [5.41, 5.74) is 2.44. The van der Waals surface area contributed by atoms with Crippen molar-refractivity contribution in [3.8, 4) is 0 Å². The maximum absolute atomic E-state index is 12.3. The molecule has 2 rings (SSSR count). The standard InChI is InChI=1S/C17H20OS/c1-12(2)11-14-6-8-15(9-7-14)13(3)17(18)16-5-4-10-19-16/h4-10,12-13H,11H2,1-3H3. The van der Waals surface area contributed by atoms with Crippen LogP contribution in [0.3, 0.4) is 0 Å². The van der Waals surface area contributed by atoms with E-state index < -0.39 is 0 Å². The fourth-order valence-corrected chi connectivity index (χ4v) is 2.95. The van der Waals surface area contributed by atoms with Crippen molar-refractivity contribution >= 4 is 17.1 Å². The first-order chi connectivity index (χ1) is 9.08. The van der Waals surface area contributed by atoms with Crippen LogP contribution in [-0.2, 0) is 6.42 Å². The largest absolute Gasteiger partial charge is 0.293 e. The van der Waals surface area contributed by atoms with Crippen molar-refractivity contribution in [2.75, 3.05) is 0 Å². The Morgan fingerprint density at radius 1 is 1.11 bits per heavy atom. The first kappa shape index (κ1) is 14.0. The third-order valence-corrected chi connectivity index (χ3v) is 4.17. The molecule has 2 heteroatoms. The van der Waals surface area contributed by atoms with E-state index in [-0.39, 0.29) is 11.7 Å². The van der Waals surface area contributed by atoms with Gasteiger partial charge >= 0.3 is 0 Å². The minimum absolute atomic E-state index is 0.0632. The van der Waals surface area contributed by atoms with E-state index in [1.807, 2.05) is 24.4 Å². The summed E-state index contributed by atoms with van der Waals surface area (Å²) in [6.07, 6.45) is 1.09. The number of rotatable bonds is 5. The van der Waals surface area contributed by atoms with E-state index in [2.05, 4.69) is 38.1 Å². The third-order valence-electron chi connectivity index (χ3n) is 3.28. The summed E-state index contributed by atoms with van der Waals surface area (Å²) in [5.74, 6) is 0.814. The van der Waals surface area contributed by atoms with E-state index in [0.717, 1.165) is 16.9 Å². The van der Waals surface area contributed by atoms with Crippen LogP contribution in [0.4, 0.5) is 0 Å². The Hall–Kier alpha value is -1.41. The molecule has 2 aromatic rings. The second-order valence-corrected chi connectivity index (χ2v) is 6.35. The lowest BCUT2D eigenvalue weighted by atomic mass is 9.93. The van der Waals surface area contributed by atoms with Gasteiger partial charge in [-0.05, 0) is 34.9 Å². The molecule has 0 radical (unpaired) electrons. The second kappa shape index (κ2) is 6.16. The summed E-state index contributed by atoms with van der Waals surface area (Å²) in [5, 5.41) is 1.95. The van der Waals surface area contributed by atoms with Crippen LogP contribution >= 0.6 is 11.3 Å². The van der Waals surface area contributed by atoms with Crippen molar-refractivity contribution in [2.24, 2.45) is 5.92 Å². The highest BCUT2D eigenvalue weighted by Crippen LogP contribution is 2.23. The molecule has 0 spiro atoms. The van der Waals surface area contributed by atoms with Gasteiger partial charge in [0.2, 0.25) is 0 Å². The van der Waals surface area contributed by atoms with Crippen LogP contribution in [0.1, 0.15) is 47.5 Å². The molecular formula is C17H20OS. The Morgan fingerprint density at radius 2 is 1.79 bits per heavy atom. The summed E-state index contributed by atoms with van der Waals surface area (Å²) in [6.45, 7) is 6.42. The summed E-state index contributed by atoms with van der Waals surface area (Å²) in [6, 6.07) is 12.3. The lowest BCUT2D eigenvalue weighted by Crippen LogP contribution is -2.08. The number of benzene rings is 1. The number of carbonyl (C=O) groups is 1. The van der Waals surface area contributed by atoms with Crippen molar-refractivity contribution in [2.45, 2.75) is 33.1 Å². The van der Waals surface area contributed by atoms with Crippen LogP contribution in [0, 0.1) is 5.92 Å². The van der Waals surface area contributed by atoms with Crippen LogP contribution in [0.2, 0.25) is 0 Å².